The highest BCUT2D eigenvalue weighted by atomic mass is 16.5. The highest BCUT2D eigenvalue weighted by Crippen LogP contribution is 2.20. The van der Waals surface area contributed by atoms with Gasteiger partial charge in [-0.25, -0.2) is 0 Å². The number of unbranched alkanes of at least 4 members (excludes halogenated alkanes) is 8. The highest BCUT2D eigenvalue weighted by molar-refractivity contribution is 5.75. The summed E-state index contributed by atoms with van der Waals surface area (Å²) in [4.78, 5) is 22.3. The summed E-state index contributed by atoms with van der Waals surface area (Å²) in [5.41, 5.74) is 1.18. The molecule has 0 heterocycles. The fourth-order valence-corrected chi connectivity index (χ4v) is 3.80. The Kier molecular flexibility index (Phi) is 17.0. The molecule has 1 aromatic rings. The molecule has 0 radical (unpaired) electrons. The minimum Gasteiger partial charge on any atom is -0.490 e. The van der Waals surface area contributed by atoms with Crippen molar-refractivity contribution in [2.75, 3.05) is 7.11 Å². The number of Topliss-reactive ketones (excluding diaryl/α,β-unsaturated/α-hetero) is 1. The Morgan fingerprint density at radius 3 is 2.27 bits per heavy atom. The Balaban J connectivity index is 2.35. The smallest absolute Gasteiger partial charge is 0.305 e. The third kappa shape index (κ3) is 16.2. The Bertz CT molecular complexity index is 663. The van der Waals surface area contributed by atoms with Crippen LogP contribution in [0.2, 0.25) is 0 Å². The molecule has 0 spiro atoms. The van der Waals surface area contributed by atoms with Crippen molar-refractivity contribution in [3.05, 3.63) is 42.0 Å². The fourth-order valence-electron chi connectivity index (χ4n) is 3.80. The van der Waals surface area contributed by atoms with Crippen molar-refractivity contribution < 1.29 is 19.1 Å². The van der Waals surface area contributed by atoms with E-state index in [1.54, 1.807) is 6.92 Å². The molecular formula is C29H46O4. The molecule has 4 heteroatoms. The first-order chi connectivity index (χ1) is 16.0. The number of carbonyl (C=O) groups is 2. The zero-order valence-electron chi connectivity index (χ0n) is 21.3. The van der Waals surface area contributed by atoms with Crippen molar-refractivity contribution in [2.45, 2.75) is 116 Å². The Morgan fingerprint density at radius 2 is 1.58 bits per heavy atom. The number of benzene rings is 1. The van der Waals surface area contributed by atoms with Crippen molar-refractivity contribution in [2.24, 2.45) is 0 Å². The van der Waals surface area contributed by atoms with E-state index in [1.807, 2.05) is 12.1 Å². The van der Waals surface area contributed by atoms with E-state index in [1.165, 1.54) is 57.6 Å². The topological polar surface area (TPSA) is 52.6 Å². The van der Waals surface area contributed by atoms with E-state index in [0.29, 0.717) is 12.8 Å². The van der Waals surface area contributed by atoms with Gasteiger partial charge in [-0.3, -0.25) is 4.79 Å². The number of methoxy groups -OCH3 is 1. The van der Waals surface area contributed by atoms with E-state index >= 15 is 0 Å². The zero-order chi connectivity index (χ0) is 24.2. The monoisotopic (exact) mass is 458 g/mol. The van der Waals surface area contributed by atoms with Gasteiger partial charge in [0.2, 0.25) is 0 Å². The van der Waals surface area contributed by atoms with Crippen molar-refractivity contribution >= 4 is 11.8 Å². The van der Waals surface area contributed by atoms with Crippen LogP contribution in [0.4, 0.5) is 0 Å². The molecule has 0 aliphatic rings. The van der Waals surface area contributed by atoms with Crippen LogP contribution in [0.3, 0.4) is 0 Å². The van der Waals surface area contributed by atoms with Crippen LogP contribution < -0.4 is 4.74 Å². The summed E-state index contributed by atoms with van der Waals surface area (Å²) in [6.45, 7) is 3.88. The molecule has 0 saturated heterocycles. The van der Waals surface area contributed by atoms with Crippen LogP contribution in [0.15, 0.2) is 36.4 Å². The van der Waals surface area contributed by atoms with Gasteiger partial charge in [0.15, 0.2) is 0 Å². The molecular weight excluding hydrogens is 412 g/mol. The molecule has 0 bridgehead atoms. The average Bonchev–Trinajstić information content (AvgIpc) is 2.82. The number of esters is 1. The number of aryl methyl sites for hydroxylation is 1. The average molecular weight is 459 g/mol. The minimum atomic E-state index is -0.103. The molecule has 186 valence electrons. The number of ether oxygens (including phenoxy) is 2. The first kappa shape index (κ1) is 28.9. The standard InChI is InChI=1S/C29H46O4/c1-4-5-6-13-16-27(33-28-23-21-26(22-24-28)20-19-25(2)30)17-14-11-9-7-8-10-12-15-18-29(31)32-3/h11,14,21-24,27H,4-10,12-13,15-20H2,1-3H3. The second-order valence-corrected chi connectivity index (χ2v) is 9.02. The number of rotatable bonds is 20. The summed E-state index contributed by atoms with van der Waals surface area (Å²) in [6.07, 6.45) is 20.4. The van der Waals surface area contributed by atoms with Crippen LogP contribution in [0.1, 0.15) is 109 Å². The van der Waals surface area contributed by atoms with Gasteiger partial charge in [-0.05, 0) is 63.1 Å². The SMILES string of the molecule is CCCCCCC(CC=CCCCCCCCC(=O)OC)Oc1ccc(CCC(C)=O)cc1. The van der Waals surface area contributed by atoms with E-state index in [2.05, 4.69) is 35.9 Å². The molecule has 0 aliphatic heterocycles. The molecule has 0 fully saturated rings. The van der Waals surface area contributed by atoms with Crippen LogP contribution in [-0.4, -0.2) is 25.0 Å². The molecule has 1 atom stereocenters. The van der Waals surface area contributed by atoms with Gasteiger partial charge in [0.1, 0.15) is 17.6 Å². The molecule has 0 aromatic heterocycles. The molecule has 33 heavy (non-hydrogen) atoms. The quantitative estimate of drug-likeness (QED) is 0.114. The maximum atomic E-state index is 11.2. The summed E-state index contributed by atoms with van der Waals surface area (Å²) < 4.78 is 11.0. The second-order valence-electron chi connectivity index (χ2n) is 9.02. The molecule has 0 aliphatic carbocycles. The summed E-state index contributed by atoms with van der Waals surface area (Å²) in [6, 6.07) is 8.23. The Morgan fingerprint density at radius 1 is 0.879 bits per heavy atom. The van der Waals surface area contributed by atoms with E-state index in [4.69, 9.17) is 4.74 Å². The van der Waals surface area contributed by atoms with Gasteiger partial charge in [0.05, 0.1) is 7.11 Å². The number of carbonyl (C=O) groups excluding carboxylic acids is 2. The maximum Gasteiger partial charge on any atom is 0.305 e. The maximum absolute atomic E-state index is 11.2. The normalized spacial score (nSPS) is 12.1. The summed E-state index contributed by atoms with van der Waals surface area (Å²) >= 11 is 0. The lowest BCUT2D eigenvalue weighted by atomic mass is 10.1. The predicted molar refractivity (Wildman–Crippen MR) is 137 cm³/mol. The van der Waals surface area contributed by atoms with Crippen LogP contribution in [-0.2, 0) is 20.7 Å². The van der Waals surface area contributed by atoms with Gasteiger partial charge < -0.3 is 14.3 Å². The highest BCUT2D eigenvalue weighted by Gasteiger charge is 2.09. The van der Waals surface area contributed by atoms with E-state index in [9.17, 15) is 9.59 Å². The molecule has 0 N–H and O–H groups in total. The molecule has 1 unspecified atom stereocenters. The van der Waals surface area contributed by atoms with Gasteiger partial charge in [-0.2, -0.15) is 0 Å². The fraction of sp³-hybridized carbons (Fsp3) is 0.655. The minimum absolute atomic E-state index is 0.103. The number of ketones is 1. The van der Waals surface area contributed by atoms with Gasteiger partial charge in [-0.1, -0.05) is 69.7 Å². The van der Waals surface area contributed by atoms with E-state index in [-0.39, 0.29) is 17.9 Å². The van der Waals surface area contributed by atoms with Gasteiger partial charge in [0, 0.05) is 19.3 Å². The first-order valence-electron chi connectivity index (χ1n) is 13.0. The van der Waals surface area contributed by atoms with Crippen molar-refractivity contribution in [3.63, 3.8) is 0 Å². The lowest BCUT2D eigenvalue weighted by molar-refractivity contribution is -0.140. The summed E-state index contributed by atoms with van der Waals surface area (Å²) in [7, 11) is 1.45. The van der Waals surface area contributed by atoms with Crippen LogP contribution in [0.25, 0.3) is 0 Å². The van der Waals surface area contributed by atoms with Crippen LogP contribution in [0, 0.1) is 0 Å². The molecule has 1 aromatic carbocycles. The van der Waals surface area contributed by atoms with Crippen LogP contribution in [0.5, 0.6) is 5.75 Å². The summed E-state index contributed by atoms with van der Waals surface area (Å²) in [5, 5.41) is 0. The van der Waals surface area contributed by atoms with E-state index < -0.39 is 0 Å². The Labute approximate surface area is 202 Å². The van der Waals surface area contributed by atoms with Gasteiger partial charge in [0.25, 0.3) is 0 Å². The zero-order valence-corrected chi connectivity index (χ0v) is 21.3. The number of hydrogen-bond donors (Lipinski definition) is 0. The molecule has 1 rings (SSSR count). The third-order valence-corrected chi connectivity index (χ3v) is 5.92. The molecule has 0 saturated carbocycles. The predicted octanol–water partition coefficient (Wildman–Crippen LogP) is 7.78. The van der Waals surface area contributed by atoms with Crippen LogP contribution >= 0.6 is 0 Å². The van der Waals surface area contributed by atoms with Gasteiger partial charge >= 0.3 is 5.97 Å². The second kappa shape index (κ2) is 19.4. The van der Waals surface area contributed by atoms with Crippen molar-refractivity contribution in [1.82, 2.24) is 0 Å². The number of allylic oxidation sites excluding steroid dienone is 1. The van der Waals surface area contributed by atoms with Crippen molar-refractivity contribution in [3.8, 4) is 5.75 Å². The van der Waals surface area contributed by atoms with E-state index in [0.717, 1.165) is 44.3 Å². The lowest BCUT2D eigenvalue weighted by Gasteiger charge is -2.18. The summed E-state index contributed by atoms with van der Waals surface area (Å²) in [5.74, 6) is 1.04. The molecule has 0 amide bonds. The molecule has 4 nitrogen and oxygen atoms in total. The van der Waals surface area contributed by atoms with Crippen molar-refractivity contribution in [1.29, 1.82) is 0 Å². The Hall–Kier alpha value is -2.10. The third-order valence-electron chi connectivity index (χ3n) is 5.92. The largest absolute Gasteiger partial charge is 0.490 e. The van der Waals surface area contributed by atoms with Gasteiger partial charge in [-0.15, -0.1) is 0 Å². The first-order valence-corrected chi connectivity index (χ1v) is 13.0. The lowest BCUT2D eigenvalue weighted by Crippen LogP contribution is -2.15. The number of hydrogen-bond acceptors (Lipinski definition) is 4.